The van der Waals surface area contributed by atoms with E-state index in [-0.39, 0.29) is 18.2 Å². The molecule has 0 aliphatic rings. The molecule has 0 aromatic heterocycles. The van der Waals surface area contributed by atoms with Crippen LogP contribution in [0.25, 0.3) is 0 Å². The van der Waals surface area contributed by atoms with Crippen molar-refractivity contribution in [2.75, 3.05) is 24.9 Å². The average molecular weight is 412 g/mol. The van der Waals surface area contributed by atoms with E-state index in [0.29, 0.717) is 34.1 Å². The van der Waals surface area contributed by atoms with Gasteiger partial charge in [0.1, 0.15) is 11.5 Å². The van der Waals surface area contributed by atoms with Crippen LogP contribution in [0.15, 0.2) is 47.6 Å². The van der Waals surface area contributed by atoms with Gasteiger partial charge in [0.15, 0.2) is 0 Å². The van der Waals surface area contributed by atoms with Gasteiger partial charge < -0.3 is 20.1 Å². The Morgan fingerprint density at radius 1 is 0.900 bits per heavy atom. The van der Waals surface area contributed by atoms with Crippen LogP contribution in [-0.2, 0) is 9.59 Å². The molecule has 0 radical (unpaired) electrons. The second-order valence-electron chi connectivity index (χ2n) is 6.34. The minimum atomic E-state index is -0.469. The first kappa shape index (κ1) is 22.4. The van der Waals surface area contributed by atoms with Crippen molar-refractivity contribution in [2.45, 2.75) is 20.3 Å². The van der Waals surface area contributed by atoms with E-state index in [1.165, 1.54) is 21.1 Å². The molecule has 0 aliphatic carbocycles. The van der Waals surface area contributed by atoms with Crippen molar-refractivity contribution in [3.05, 3.63) is 48.0 Å². The molecule has 0 saturated heterocycles. The normalized spacial score (nSPS) is 10.7. The molecule has 0 saturated carbocycles. The highest BCUT2D eigenvalue weighted by Crippen LogP contribution is 2.23. The summed E-state index contributed by atoms with van der Waals surface area (Å²) in [7, 11) is 2.98. The van der Waals surface area contributed by atoms with E-state index in [1.807, 2.05) is 0 Å². The lowest BCUT2D eigenvalue weighted by Crippen LogP contribution is -2.22. The fraction of sp³-hybridized carbons (Fsp3) is 0.238. The first-order valence-electron chi connectivity index (χ1n) is 9.05. The summed E-state index contributed by atoms with van der Waals surface area (Å²) in [6.07, 6.45) is -0.0455. The summed E-state index contributed by atoms with van der Waals surface area (Å²) in [5.74, 6) is -0.115. The summed E-state index contributed by atoms with van der Waals surface area (Å²) >= 11 is 0. The zero-order valence-corrected chi connectivity index (χ0v) is 17.2. The van der Waals surface area contributed by atoms with E-state index in [0.717, 1.165) is 0 Å². The Morgan fingerprint density at radius 3 is 2.00 bits per heavy atom. The van der Waals surface area contributed by atoms with Gasteiger partial charge in [-0.25, -0.2) is 5.43 Å². The van der Waals surface area contributed by atoms with Gasteiger partial charge >= 0.3 is 0 Å². The van der Waals surface area contributed by atoms with Crippen LogP contribution in [0.4, 0.5) is 11.4 Å². The summed E-state index contributed by atoms with van der Waals surface area (Å²) in [6, 6.07) is 11.6. The number of amides is 3. The molecule has 0 aliphatic heterocycles. The largest absolute Gasteiger partial charge is 0.497 e. The Morgan fingerprint density at radius 2 is 1.47 bits per heavy atom. The number of hydrogen-bond acceptors (Lipinski definition) is 6. The molecule has 0 spiro atoms. The lowest BCUT2D eigenvalue weighted by atomic mass is 10.2. The second-order valence-corrected chi connectivity index (χ2v) is 6.34. The molecular weight excluding hydrogens is 388 g/mol. The third kappa shape index (κ3) is 6.62. The summed E-state index contributed by atoms with van der Waals surface area (Å²) in [6.45, 7) is 3.00. The number of anilines is 2. The lowest BCUT2D eigenvalue weighted by Gasteiger charge is -2.11. The van der Waals surface area contributed by atoms with E-state index in [1.54, 1.807) is 49.4 Å². The van der Waals surface area contributed by atoms with Crippen molar-refractivity contribution < 1.29 is 23.9 Å². The van der Waals surface area contributed by atoms with Crippen LogP contribution < -0.4 is 25.5 Å². The second kappa shape index (κ2) is 10.6. The van der Waals surface area contributed by atoms with E-state index < -0.39 is 5.91 Å². The molecule has 0 unspecified atom stereocenters. The van der Waals surface area contributed by atoms with Crippen molar-refractivity contribution in [2.24, 2.45) is 5.10 Å². The van der Waals surface area contributed by atoms with E-state index in [4.69, 9.17) is 9.47 Å². The van der Waals surface area contributed by atoms with Crippen LogP contribution >= 0.6 is 0 Å². The molecule has 158 valence electrons. The molecule has 9 nitrogen and oxygen atoms in total. The van der Waals surface area contributed by atoms with E-state index in [9.17, 15) is 14.4 Å². The monoisotopic (exact) mass is 412 g/mol. The van der Waals surface area contributed by atoms with Gasteiger partial charge in [0, 0.05) is 24.3 Å². The smallest absolute Gasteiger partial charge is 0.271 e. The molecule has 2 rings (SSSR count). The summed E-state index contributed by atoms with van der Waals surface area (Å²) in [5.41, 5.74) is 4.07. The third-order valence-corrected chi connectivity index (χ3v) is 3.89. The number of rotatable bonds is 8. The minimum absolute atomic E-state index is 0.0455. The van der Waals surface area contributed by atoms with Gasteiger partial charge in [-0.1, -0.05) is 12.1 Å². The number of hydrogen-bond donors (Lipinski definition) is 3. The first-order chi connectivity index (χ1) is 14.3. The SMILES string of the molecule is COc1cc(OC)cc(C(=O)N/N=C(\C)CC(=O)Nc2ccccc2NC(C)=O)c1. The predicted octanol–water partition coefficient (Wildman–Crippen LogP) is 2.80. The number of carbonyl (C=O) groups excluding carboxylic acids is 3. The van der Waals surface area contributed by atoms with E-state index in [2.05, 4.69) is 21.2 Å². The number of benzene rings is 2. The average Bonchev–Trinajstić information content (AvgIpc) is 2.72. The molecule has 2 aromatic carbocycles. The van der Waals surface area contributed by atoms with Gasteiger partial charge in [-0.3, -0.25) is 14.4 Å². The Labute approximate surface area is 174 Å². The molecule has 30 heavy (non-hydrogen) atoms. The minimum Gasteiger partial charge on any atom is -0.497 e. The zero-order valence-electron chi connectivity index (χ0n) is 17.2. The van der Waals surface area contributed by atoms with Crippen LogP contribution in [-0.4, -0.2) is 37.7 Å². The molecule has 0 bridgehead atoms. The van der Waals surface area contributed by atoms with Crippen molar-refractivity contribution in [1.29, 1.82) is 0 Å². The fourth-order valence-electron chi connectivity index (χ4n) is 2.51. The maximum Gasteiger partial charge on any atom is 0.271 e. The Balaban J connectivity index is 1.99. The van der Waals surface area contributed by atoms with Crippen LogP contribution in [0.1, 0.15) is 30.6 Å². The van der Waals surface area contributed by atoms with Crippen molar-refractivity contribution in [3.63, 3.8) is 0 Å². The fourth-order valence-corrected chi connectivity index (χ4v) is 2.51. The number of ether oxygens (including phenoxy) is 2. The molecule has 2 aromatic rings. The molecule has 3 N–H and O–H groups in total. The topological polar surface area (TPSA) is 118 Å². The van der Waals surface area contributed by atoms with Crippen LogP contribution in [0.3, 0.4) is 0 Å². The molecular formula is C21H24N4O5. The van der Waals surface area contributed by atoms with Crippen LogP contribution in [0.2, 0.25) is 0 Å². The molecule has 9 heteroatoms. The molecule has 0 fully saturated rings. The molecule has 0 heterocycles. The lowest BCUT2D eigenvalue weighted by molar-refractivity contribution is -0.115. The highest BCUT2D eigenvalue weighted by molar-refractivity contribution is 6.08. The van der Waals surface area contributed by atoms with Crippen molar-refractivity contribution >= 4 is 34.8 Å². The van der Waals surface area contributed by atoms with Gasteiger partial charge in [-0.15, -0.1) is 0 Å². The van der Waals surface area contributed by atoms with Gasteiger partial charge in [0.2, 0.25) is 11.8 Å². The first-order valence-corrected chi connectivity index (χ1v) is 9.05. The summed E-state index contributed by atoms with van der Waals surface area (Å²) < 4.78 is 10.3. The van der Waals surface area contributed by atoms with Crippen LogP contribution in [0.5, 0.6) is 11.5 Å². The number of nitrogens with zero attached hydrogens (tertiary/aromatic N) is 1. The highest BCUT2D eigenvalue weighted by atomic mass is 16.5. The maximum atomic E-state index is 12.3. The predicted molar refractivity (Wildman–Crippen MR) is 114 cm³/mol. The number of carbonyl (C=O) groups is 3. The van der Waals surface area contributed by atoms with Crippen molar-refractivity contribution in [3.8, 4) is 11.5 Å². The quantitative estimate of drug-likeness (QED) is 0.455. The summed E-state index contributed by atoms with van der Waals surface area (Å²) in [5, 5.41) is 9.33. The van der Waals surface area contributed by atoms with Gasteiger partial charge in [0.25, 0.3) is 5.91 Å². The summed E-state index contributed by atoms with van der Waals surface area (Å²) in [4.78, 5) is 35.9. The van der Waals surface area contributed by atoms with Gasteiger partial charge in [-0.05, 0) is 31.2 Å². The number of hydrazone groups is 1. The molecule has 3 amide bonds. The Hall–Kier alpha value is -3.88. The van der Waals surface area contributed by atoms with Gasteiger partial charge in [0.05, 0.1) is 32.0 Å². The van der Waals surface area contributed by atoms with Gasteiger partial charge in [-0.2, -0.15) is 5.10 Å². The number of para-hydroxylation sites is 2. The third-order valence-electron chi connectivity index (χ3n) is 3.89. The number of methoxy groups -OCH3 is 2. The van der Waals surface area contributed by atoms with Crippen LogP contribution in [0, 0.1) is 0 Å². The van der Waals surface area contributed by atoms with E-state index >= 15 is 0 Å². The van der Waals surface area contributed by atoms with Crippen molar-refractivity contribution in [1.82, 2.24) is 5.43 Å². The Bertz CT molecular complexity index is 949. The maximum absolute atomic E-state index is 12.3. The number of nitrogens with one attached hydrogen (secondary N) is 3. The standard InChI is InChI=1S/C21H24N4O5/c1-13(9-20(27)23-19-8-6-5-7-18(19)22-14(2)26)24-25-21(28)15-10-16(29-3)12-17(11-15)30-4/h5-8,10-12H,9H2,1-4H3,(H,22,26)(H,23,27)(H,25,28)/b24-13+. The Kier molecular flexibility index (Phi) is 7.92. The molecule has 0 atom stereocenters. The zero-order chi connectivity index (χ0) is 22.1. The highest BCUT2D eigenvalue weighted by Gasteiger charge is 2.11.